The molecule has 226 valence electrons. The van der Waals surface area contributed by atoms with E-state index in [1.54, 1.807) is 37.3 Å². The van der Waals surface area contributed by atoms with Crippen molar-refractivity contribution in [2.45, 2.75) is 30.6 Å². The molecule has 0 aromatic heterocycles. The van der Waals surface area contributed by atoms with E-state index in [4.69, 9.17) is 9.47 Å². The Labute approximate surface area is 252 Å². The number of anilines is 3. The summed E-state index contributed by atoms with van der Waals surface area (Å²) in [6, 6.07) is 21.9. The minimum absolute atomic E-state index is 0.00361. The van der Waals surface area contributed by atoms with Gasteiger partial charge in [0, 0.05) is 11.8 Å². The van der Waals surface area contributed by atoms with Crippen molar-refractivity contribution in [2.75, 3.05) is 35.1 Å². The van der Waals surface area contributed by atoms with Crippen LogP contribution in [0.4, 0.5) is 17.1 Å². The lowest BCUT2D eigenvalue weighted by atomic mass is 10.1. The molecule has 0 saturated carbocycles. The van der Waals surface area contributed by atoms with Gasteiger partial charge in [0.25, 0.3) is 20.0 Å². The van der Waals surface area contributed by atoms with Crippen LogP contribution in [0.15, 0.2) is 94.7 Å². The first-order valence-electron chi connectivity index (χ1n) is 13.2. The molecule has 0 saturated heterocycles. The maximum atomic E-state index is 13.8. The Balaban J connectivity index is 1.60. The van der Waals surface area contributed by atoms with Gasteiger partial charge in [-0.05, 0) is 86.5 Å². The Bertz CT molecular complexity index is 1840. The summed E-state index contributed by atoms with van der Waals surface area (Å²) in [5.74, 6) is -0.0774. The van der Waals surface area contributed by atoms with Crippen molar-refractivity contribution >= 4 is 43.0 Å². The van der Waals surface area contributed by atoms with E-state index in [9.17, 15) is 21.6 Å². The molecule has 4 rings (SSSR count). The number of amides is 1. The first-order valence-corrected chi connectivity index (χ1v) is 16.1. The van der Waals surface area contributed by atoms with Crippen LogP contribution in [-0.2, 0) is 24.8 Å². The van der Waals surface area contributed by atoms with Gasteiger partial charge in [0.15, 0.2) is 0 Å². The number of methoxy groups -OCH3 is 2. The van der Waals surface area contributed by atoms with Gasteiger partial charge in [-0.15, -0.1) is 0 Å². The number of nitrogens with one attached hydrogen (secondary N) is 2. The summed E-state index contributed by atoms with van der Waals surface area (Å²) < 4.78 is 67.9. The Morgan fingerprint density at radius 2 is 1.37 bits per heavy atom. The maximum Gasteiger partial charge on any atom is 0.264 e. The van der Waals surface area contributed by atoms with Crippen molar-refractivity contribution in [3.05, 3.63) is 102 Å². The highest BCUT2D eigenvalue weighted by Crippen LogP contribution is 2.36. The van der Waals surface area contributed by atoms with Gasteiger partial charge in [-0.1, -0.05) is 29.8 Å². The fraction of sp³-hybridized carbons (Fsp3) is 0.194. The highest BCUT2D eigenvalue weighted by Gasteiger charge is 2.30. The Hall–Kier alpha value is -4.55. The number of hydrogen-bond donors (Lipinski definition) is 2. The Morgan fingerprint density at radius 1 is 0.744 bits per heavy atom. The average Bonchev–Trinajstić information content (AvgIpc) is 2.97. The molecule has 4 aromatic carbocycles. The van der Waals surface area contributed by atoms with Gasteiger partial charge in [-0.2, -0.15) is 0 Å². The average molecular weight is 624 g/mol. The van der Waals surface area contributed by atoms with Crippen LogP contribution in [-0.4, -0.2) is 43.5 Å². The number of hydrogen-bond acceptors (Lipinski definition) is 7. The number of sulfonamides is 2. The molecular weight excluding hydrogens is 590 g/mol. The van der Waals surface area contributed by atoms with Gasteiger partial charge in [-0.25, -0.2) is 16.8 Å². The second-order valence-corrected chi connectivity index (χ2v) is 13.4. The summed E-state index contributed by atoms with van der Waals surface area (Å²) in [6.45, 7) is 4.91. The zero-order chi connectivity index (χ0) is 31.4. The van der Waals surface area contributed by atoms with Gasteiger partial charge in [0.2, 0.25) is 5.91 Å². The molecule has 1 amide bonds. The minimum Gasteiger partial charge on any atom is -0.497 e. The van der Waals surface area contributed by atoms with Crippen molar-refractivity contribution in [2.24, 2.45) is 0 Å². The molecule has 12 heteroatoms. The quantitative estimate of drug-likeness (QED) is 0.233. The fourth-order valence-electron chi connectivity index (χ4n) is 4.23. The van der Waals surface area contributed by atoms with E-state index >= 15 is 0 Å². The normalized spacial score (nSPS) is 11.5. The van der Waals surface area contributed by atoms with Crippen molar-refractivity contribution in [1.82, 2.24) is 0 Å². The summed E-state index contributed by atoms with van der Waals surface area (Å²) in [5.41, 5.74) is 3.41. The molecule has 0 unspecified atom stereocenters. The second kappa shape index (κ2) is 12.8. The molecule has 2 N–H and O–H groups in total. The van der Waals surface area contributed by atoms with E-state index < -0.39 is 32.5 Å². The monoisotopic (exact) mass is 623 g/mol. The predicted molar refractivity (Wildman–Crippen MR) is 167 cm³/mol. The van der Waals surface area contributed by atoms with Gasteiger partial charge in [0.1, 0.15) is 18.0 Å². The fourth-order valence-corrected chi connectivity index (χ4v) is 6.77. The summed E-state index contributed by atoms with van der Waals surface area (Å²) >= 11 is 0. The molecule has 0 heterocycles. The number of rotatable bonds is 11. The van der Waals surface area contributed by atoms with Gasteiger partial charge >= 0.3 is 0 Å². The number of ether oxygens (including phenoxy) is 2. The summed E-state index contributed by atoms with van der Waals surface area (Å²) in [5, 5.41) is 2.65. The lowest BCUT2D eigenvalue weighted by Gasteiger charge is -2.26. The van der Waals surface area contributed by atoms with Gasteiger partial charge < -0.3 is 14.8 Å². The number of carbonyl (C=O) groups excluding carboxylic acids is 1. The summed E-state index contributed by atoms with van der Waals surface area (Å²) in [7, 11) is -5.29. The van der Waals surface area contributed by atoms with E-state index in [0.717, 1.165) is 21.0 Å². The zero-order valence-electron chi connectivity index (χ0n) is 24.4. The highest BCUT2D eigenvalue weighted by molar-refractivity contribution is 7.93. The van der Waals surface area contributed by atoms with Crippen LogP contribution in [0.5, 0.6) is 11.5 Å². The lowest BCUT2D eigenvalue weighted by molar-refractivity contribution is -0.114. The van der Waals surface area contributed by atoms with E-state index in [1.165, 1.54) is 56.7 Å². The van der Waals surface area contributed by atoms with Crippen LogP contribution >= 0.6 is 0 Å². The SMILES string of the molecule is COc1ccc(OC)c(N(CC(=O)Nc2ccc(S(=O)(=O)Nc3cc(C)ccc3C)cc2)S(=O)(=O)c2ccc(C)cc2)c1. The van der Waals surface area contributed by atoms with Gasteiger partial charge in [0.05, 0.1) is 35.4 Å². The molecule has 10 nitrogen and oxygen atoms in total. The summed E-state index contributed by atoms with van der Waals surface area (Å²) in [4.78, 5) is 13.2. The zero-order valence-corrected chi connectivity index (χ0v) is 26.0. The van der Waals surface area contributed by atoms with Crippen LogP contribution < -0.4 is 23.8 Å². The van der Waals surface area contributed by atoms with Crippen molar-refractivity contribution < 1.29 is 31.1 Å². The van der Waals surface area contributed by atoms with Crippen molar-refractivity contribution in [3.63, 3.8) is 0 Å². The minimum atomic E-state index is -4.23. The first kappa shape index (κ1) is 31.4. The number of benzene rings is 4. The number of aryl methyl sites for hydroxylation is 3. The third kappa shape index (κ3) is 7.27. The molecule has 0 atom stereocenters. The molecule has 0 aliphatic carbocycles. The van der Waals surface area contributed by atoms with Crippen LogP contribution in [0.3, 0.4) is 0 Å². The van der Waals surface area contributed by atoms with E-state index in [0.29, 0.717) is 11.4 Å². The van der Waals surface area contributed by atoms with Gasteiger partial charge in [-0.3, -0.25) is 13.8 Å². The molecule has 0 spiro atoms. The largest absolute Gasteiger partial charge is 0.497 e. The van der Waals surface area contributed by atoms with Crippen LogP contribution in [0.1, 0.15) is 16.7 Å². The van der Waals surface area contributed by atoms with E-state index in [-0.39, 0.29) is 26.9 Å². The molecule has 0 fully saturated rings. The predicted octanol–water partition coefficient (Wildman–Crippen LogP) is 5.26. The van der Waals surface area contributed by atoms with Crippen molar-refractivity contribution in [1.29, 1.82) is 0 Å². The molecule has 4 aromatic rings. The molecule has 0 aliphatic rings. The first-order chi connectivity index (χ1) is 20.3. The maximum absolute atomic E-state index is 13.8. The number of carbonyl (C=O) groups is 1. The number of nitrogens with zero attached hydrogens (tertiary/aromatic N) is 1. The Morgan fingerprint density at radius 3 is 2.00 bits per heavy atom. The third-order valence-corrected chi connectivity index (χ3v) is 9.79. The topological polar surface area (TPSA) is 131 Å². The smallest absolute Gasteiger partial charge is 0.264 e. The summed E-state index contributed by atoms with van der Waals surface area (Å²) in [6.07, 6.45) is 0. The Kier molecular flexibility index (Phi) is 9.31. The third-order valence-electron chi connectivity index (χ3n) is 6.64. The van der Waals surface area contributed by atoms with E-state index in [2.05, 4.69) is 10.0 Å². The second-order valence-electron chi connectivity index (χ2n) is 9.86. The standard InChI is InChI=1S/C31H33N3O7S2/c1-21-7-13-27(14-8-21)43(38,39)34(29-19-25(40-4)12-17-30(29)41-5)20-31(35)32-24-10-15-26(16-11-24)42(36,37)33-28-18-22(2)6-9-23(28)3/h6-19,33H,20H2,1-5H3,(H,32,35). The molecule has 43 heavy (non-hydrogen) atoms. The van der Waals surface area contributed by atoms with Crippen LogP contribution in [0.25, 0.3) is 0 Å². The molecular formula is C31H33N3O7S2. The van der Waals surface area contributed by atoms with Crippen LogP contribution in [0.2, 0.25) is 0 Å². The lowest BCUT2D eigenvalue weighted by Crippen LogP contribution is -2.38. The van der Waals surface area contributed by atoms with Crippen molar-refractivity contribution in [3.8, 4) is 11.5 Å². The van der Waals surface area contributed by atoms with Crippen LogP contribution in [0, 0.1) is 20.8 Å². The molecule has 0 radical (unpaired) electrons. The van der Waals surface area contributed by atoms with E-state index in [1.807, 2.05) is 26.0 Å². The molecule has 0 aliphatic heterocycles. The highest BCUT2D eigenvalue weighted by atomic mass is 32.2. The molecule has 0 bridgehead atoms.